The Hall–Kier alpha value is -0.790. The largest absolute Gasteiger partial charge is 0.299 e. The minimum atomic E-state index is 0.652. The Bertz CT molecular complexity index is 480. The third-order valence-corrected chi connectivity index (χ3v) is 4.95. The topological polar surface area (TPSA) is 3.24 Å². The van der Waals surface area contributed by atoms with Crippen LogP contribution in [0.25, 0.3) is 0 Å². The Morgan fingerprint density at radius 1 is 1.32 bits per heavy atom. The maximum Gasteiger partial charge on any atom is 0.0408 e. The van der Waals surface area contributed by atoms with E-state index >= 15 is 0 Å². The molecule has 0 radical (unpaired) electrons. The minimum absolute atomic E-state index is 0.652. The summed E-state index contributed by atoms with van der Waals surface area (Å²) in [5, 5.41) is 0.857. The number of nitrogens with zero attached hydrogens (tertiary/aromatic N) is 1. The lowest BCUT2D eigenvalue weighted by Crippen LogP contribution is -2.44. The molecule has 1 heterocycles. The molecule has 1 nitrogen and oxygen atoms in total. The maximum absolute atomic E-state index is 6.11. The Morgan fingerprint density at radius 3 is 3.05 bits per heavy atom. The molecule has 1 saturated carbocycles. The molecule has 102 valence electrons. The molecule has 0 aromatic heterocycles. The molecule has 0 bridgehead atoms. The molecule has 2 aliphatic rings. The molecule has 2 heteroatoms. The van der Waals surface area contributed by atoms with Gasteiger partial charge < -0.3 is 0 Å². The van der Waals surface area contributed by atoms with Crippen LogP contribution in [0.1, 0.15) is 31.2 Å². The summed E-state index contributed by atoms with van der Waals surface area (Å²) in [4.78, 5) is 2.51. The number of halogens is 1. The number of hydrogen-bond donors (Lipinski definition) is 0. The minimum Gasteiger partial charge on any atom is -0.299 e. The third kappa shape index (κ3) is 2.88. The average molecular weight is 276 g/mol. The fourth-order valence-electron chi connectivity index (χ4n) is 3.66. The van der Waals surface area contributed by atoms with Crippen molar-refractivity contribution in [2.45, 2.75) is 38.1 Å². The van der Waals surface area contributed by atoms with Gasteiger partial charge in [-0.15, -0.1) is 0 Å². The van der Waals surface area contributed by atoms with Gasteiger partial charge in [-0.1, -0.05) is 41.8 Å². The Balaban J connectivity index is 1.80. The van der Waals surface area contributed by atoms with E-state index in [4.69, 9.17) is 11.6 Å². The lowest BCUT2D eigenvalue weighted by atomic mass is 9.75. The van der Waals surface area contributed by atoms with Gasteiger partial charge in [0, 0.05) is 17.6 Å². The number of rotatable bonds is 2. The van der Waals surface area contributed by atoms with E-state index < -0.39 is 0 Å². The molecular formula is C17H22ClN. The van der Waals surface area contributed by atoms with Crippen LogP contribution in [0.2, 0.25) is 5.02 Å². The number of fused-ring (bicyclic) bond motifs is 1. The van der Waals surface area contributed by atoms with Gasteiger partial charge in [-0.05, 0) is 56.3 Å². The van der Waals surface area contributed by atoms with E-state index in [-0.39, 0.29) is 0 Å². The molecule has 2 unspecified atom stereocenters. The van der Waals surface area contributed by atoms with Crippen molar-refractivity contribution in [3.63, 3.8) is 0 Å². The van der Waals surface area contributed by atoms with Crippen molar-refractivity contribution < 1.29 is 0 Å². The van der Waals surface area contributed by atoms with Crippen molar-refractivity contribution in [1.82, 2.24) is 4.90 Å². The van der Waals surface area contributed by atoms with Crippen LogP contribution >= 0.6 is 11.6 Å². The lowest BCUT2D eigenvalue weighted by Gasteiger charge is -2.42. The zero-order valence-electron chi connectivity index (χ0n) is 11.6. The van der Waals surface area contributed by atoms with Crippen molar-refractivity contribution in [2.75, 3.05) is 13.6 Å². The van der Waals surface area contributed by atoms with Crippen LogP contribution in [0.4, 0.5) is 0 Å². The summed E-state index contributed by atoms with van der Waals surface area (Å²) in [6, 6.07) is 9.01. The van der Waals surface area contributed by atoms with Crippen LogP contribution in [-0.2, 0) is 6.42 Å². The molecule has 1 aliphatic heterocycles. The van der Waals surface area contributed by atoms with Crippen molar-refractivity contribution in [3.8, 4) is 0 Å². The predicted octanol–water partition coefficient (Wildman–Crippen LogP) is 4.31. The fraction of sp³-hybridized carbons (Fsp3) is 0.529. The van der Waals surface area contributed by atoms with E-state index in [9.17, 15) is 0 Å². The summed E-state index contributed by atoms with van der Waals surface area (Å²) in [5.41, 5.74) is 3.09. The third-order valence-electron chi connectivity index (χ3n) is 4.71. The van der Waals surface area contributed by atoms with Crippen LogP contribution in [0.5, 0.6) is 0 Å². The predicted molar refractivity (Wildman–Crippen MR) is 81.6 cm³/mol. The van der Waals surface area contributed by atoms with Gasteiger partial charge in [0.2, 0.25) is 0 Å². The highest BCUT2D eigenvalue weighted by molar-refractivity contribution is 6.30. The van der Waals surface area contributed by atoms with Crippen molar-refractivity contribution in [1.29, 1.82) is 0 Å². The van der Waals surface area contributed by atoms with Gasteiger partial charge in [-0.25, -0.2) is 0 Å². The summed E-state index contributed by atoms with van der Waals surface area (Å²) >= 11 is 6.11. The van der Waals surface area contributed by atoms with Crippen LogP contribution in [-0.4, -0.2) is 24.5 Å². The first kappa shape index (κ1) is 13.2. The number of benzene rings is 1. The lowest BCUT2D eigenvalue weighted by molar-refractivity contribution is 0.171. The van der Waals surface area contributed by atoms with Gasteiger partial charge in [0.15, 0.2) is 0 Å². The maximum atomic E-state index is 6.11. The Labute approximate surface area is 121 Å². The molecular weight excluding hydrogens is 254 g/mol. The second-order valence-electron chi connectivity index (χ2n) is 5.97. The van der Waals surface area contributed by atoms with Crippen molar-refractivity contribution in [2.24, 2.45) is 5.92 Å². The molecule has 2 atom stereocenters. The summed E-state index contributed by atoms with van der Waals surface area (Å²) in [5.74, 6) is 0.770. The van der Waals surface area contributed by atoms with Crippen LogP contribution in [0.3, 0.4) is 0 Å². The Morgan fingerprint density at radius 2 is 2.21 bits per heavy atom. The van der Waals surface area contributed by atoms with E-state index in [1.807, 2.05) is 6.07 Å². The second kappa shape index (κ2) is 5.68. The smallest absolute Gasteiger partial charge is 0.0408 e. The first-order valence-electron chi connectivity index (χ1n) is 7.37. The van der Waals surface area contributed by atoms with Crippen molar-refractivity contribution in [3.05, 3.63) is 46.5 Å². The van der Waals surface area contributed by atoms with E-state index in [0.29, 0.717) is 6.04 Å². The normalized spacial score (nSPS) is 27.8. The summed E-state index contributed by atoms with van der Waals surface area (Å²) in [6.07, 6.45) is 9.06. The van der Waals surface area contributed by atoms with Gasteiger partial charge >= 0.3 is 0 Å². The highest BCUT2D eigenvalue weighted by atomic mass is 35.5. The molecule has 0 spiro atoms. The number of hydrogen-bond acceptors (Lipinski definition) is 1. The quantitative estimate of drug-likeness (QED) is 0.727. The average Bonchev–Trinajstić information content (AvgIpc) is 2.42. The van der Waals surface area contributed by atoms with E-state index in [1.54, 1.807) is 5.57 Å². The molecule has 0 saturated heterocycles. The molecule has 0 amide bonds. The molecule has 1 aromatic rings. The van der Waals surface area contributed by atoms with E-state index in [0.717, 1.165) is 23.9 Å². The SMILES string of the molecule is CN1CC=C2CCCCC2C1Cc1cccc(Cl)c1. The van der Waals surface area contributed by atoms with Crippen LogP contribution in [0, 0.1) is 5.92 Å². The van der Waals surface area contributed by atoms with Gasteiger partial charge in [0.1, 0.15) is 0 Å². The summed E-state index contributed by atoms with van der Waals surface area (Å²) in [6.45, 7) is 1.11. The fourth-order valence-corrected chi connectivity index (χ4v) is 3.88. The molecule has 3 rings (SSSR count). The first-order chi connectivity index (χ1) is 9.24. The second-order valence-corrected chi connectivity index (χ2v) is 6.41. The summed E-state index contributed by atoms with van der Waals surface area (Å²) in [7, 11) is 2.26. The zero-order chi connectivity index (χ0) is 13.2. The molecule has 19 heavy (non-hydrogen) atoms. The zero-order valence-corrected chi connectivity index (χ0v) is 12.4. The highest BCUT2D eigenvalue weighted by Gasteiger charge is 2.32. The first-order valence-corrected chi connectivity index (χ1v) is 7.75. The highest BCUT2D eigenvalue weighted by Crippen LogP contribution is 2.37. The molecule has 0 N–H and O–H groups in total. The van der Waals surface area contributed by atoms with Crippen LogP contribution < -0.4 is 0 Å². The van der Waals surface area contributed by atoms with Gasteiger partial charge in [0.05, 0.1) is 0 Å². The van der Waals surface area contributed by atoms with Gasteiger partial charge in [-0.3, -0.25) is 4.90 Å². The molecule has 1 aliphatic carbocycles. The molecule has 1 fully saturated rings. The monoisotopic (exact) mass is 275 g/mol. The Kier molecular flexibility index (Phi) is 3.95. The molecule has 1 aromatic carbocycles. The number of likely N-dealkylation sites (N-methyl/N-ethyl adjacent to an activating group) is 1. The van der Waals surface area contributed by atoms with Gasteiger partial charge in [0.25, 0.3) is 0 Å². The van der Waals surface area contributed by atoms with E-state index in [2.05, 4.69) is 36.2 Å². The van der Waals surface area contributed by atoms with Gasteiger partial charge in [-0.2, -0.15) is 0 Å². The summed E-state index contributed by atoms with van der Waals surface area (Å²) < 4.78 is 0. The standard InChI is InChI=1S/C17H22ClN/c1-19-10-9-14-6-2-3-8-16(14)17(19)12-13-5-4-7-15(18)11-13/h4-5,7,9,11,16-17H,2-3,6,8,10,12H2,1H3. The van der Waals surface area contributed by atoms with E-state index in [1.165, 1.54) is 31.2 Å². The van der Waals surface area contributed by atoms with Crippen LogP contribution in [0.15, 0.2) is 35.9 Å². The van der Waals surface area contributed by atoms with Crippen molar-refractivity contribution >= 4 is 11.6 Å².